The van der Waals surface area contributed by atoms with E-state index in [0.717, 1.165) is 26.7 Å². The number of benzene rings is 2. The average Bonchev–Trinajstić information content (AvgIpc) is 2.81. The first-order valence-electron chi connectivity index (χ1n) is 6.23. The van der Waals surface area contributed by atoms with Crippen LogP contribution in [0.2, 0.25) is 0 Å². The van der Waals surface area contributed by atoms with E-state index in [0.29, 0.717) is 10.6 Å². The molecule has 21 heavy (non-hydrogen) atoms. The largest absolute Gasteiger partial charge is 0.236 e. The van der Waals surface area contributed by atoms with Gasteiger partial charge < -0.3 is 0 Å². The van der Waals surface area contributed by atoms with E-state index in [1.807, 2.05) is 31.2 Å². The Morgan fingerprint density at radius 2 is 1.57 bits per heavy atom. The molecule has 0 aliphatic heterocycles. The Hall–Kier alpha value is -1.59. The van der Waals surface area contributed by atoms with Crippen LogP contribution in [0.1, 0.15) is 4.88 Å². The highest BCUT2D eigenvalue weighted by atomic mass is 79.9. The molecule has 0 saturated carbocycles. The van der Waals surface area contributed by atoms with Crippen molar-refractivity contribution in [3.05, 3.63) is 63.4 Å². The molecule has 0 unspecified atom stereocenters. The predicted molar refractivity (Wildman–Crippen MR) is 85.3 cm³/mol. The number of nitrogens with zero attached hydrogens (tertiary/aromatic N) is 1. The third-order valence-corrected chi connectivity index (χ3v) is 4.57. The van der Waals surface area contributed by atoms with Crippen molar-refractivity contribution in [3.63, 3.8) is 0 Å². The third kappa shape index (κ3) is 3.04. The zero-order valence-corrected chi connectivity index (χ0v) is 13.4. The summed E-state index contributed by atoms with van der Waals surface area (Å²) in [6, 6.07) is 11.3. The molecule has 0 aliphatic carbocycles. The summed E-state index contributed by atoms with van der Waals surface area (Å²) in [6.45, 7) is 1.95. The summed E-state index contributed by atoms with van der Waals surface area (Å²) in [4.78, 5) is 5.54. The van der Waals surface area contributed by atoms with Crippen LogP contribution in [-0.4, -0.2) is 4.98 Å². The van der Waals surface area contributed by atoms with Crippen LogP contribution in [0, 0.1) is 18.6 Å². The fourth-order valence-corrected chi connectivity index (χ4v) is 3.26. The van der Waals surface area contributed by atoms with Crippen LogP contribution in [0.5, 0.6) is 0 Å². The second kappa shape index (κ2) is 5.66. The zero-order chi connectivity index (χ0) is 15.0. The second-order valence-corrected chi connectivity index (χ2v) is 6.71. The lowest BCUT2D eigenvalue weighted by molar-refractivity contribution is 0.584. The van der Waals surface area contributed by atoms with Crippen LogP contribution < -0.4 is 0 Å². The van der Waals surface area contributed by atoms with Crippen molar-refractivity contribution >= 4 is 27.3 Å². The smallest absolute Gasteiger partial charge is 0.126 e. The number of rotatable bonds is 2. The second-order valence-electron chi connectivity index (χ2n) is 4.59. The first kappa shape index (κ1) is 14.4. The molecule has 3 rings (SSSR count). The van der Waals surface area contributed by atoms with Crippen molar-refractivity contribution in [2.24, 2.45) is 0 Å². The van der Waals surface area contributed by atoms with Crippen LogP contribution in [0.3, 0.4) is 0 Å². The summed E-state index contributed by atoms with van der Waals surface area (Å²) in [5, 5.41) is 0.615. The van der Waals surface area contributed by atoms with Crippen LogP contribution in [0.25, 0.3) is 21.8 Å². The first-order chi connectivity index (χ1) is 10.0. The standard InChI is InChI=1S/C16H10BrF2NS/c1-9-15(10-2-4-12(17)5-3-10)20-16(21-9)11-6-13(18)8-14(19)7-11/h2-8H,1H3. The fraction of sp³-hybridized carbons (Fsp3) is 0.0625. The van der Waals surface area contributed by atoms with E-state index >= 15 is 0 Å². The summed E-state index contributed by atoms with van der Waals surface area (Å²) >= 11 is 4.82. The van der Waals surface area contributed by atoms with Gasteiger partial charge in [0.1, 0.15) is 16.6 Å². The molecule has 1 heterocycles. The molecule has 0 fully saturated rings. The summed E-state index contributed by atoms with van der Waals surface area (Å²) in [6.07, 6.45) is 0. The normalized spacial score (nSPS) is 10.9. The third-order valence-electron chi connectivity index (χ3n) is 3.02. The van der Waals surface area contributed by atoms with Gasteiger partial charge in [-0.25, -0.2) is 13.8 Å². The van der Waals surface area contributed by atoms with Crippen molar-refractivity contribution in [1.29, 1.82) is 0 Å². The summed E-state index contributed by atoms with van der Waals surface area (Å²) in [7, 11) is 0. The van der Waals surface area contributed by atoms with Crippen LogP contribution in [0.15, 0.2) is 46.9 Å². The van der Waals surface area contributed by atoms with Gasteiger partial charge in [-0.05, 0) is 31.2 Å². The Bertz CT molecular complexity index is 776. The maximum atomic E-state index is 13.3. The Morgan fingerprint density at radius 1 is 0.952 bits per heavy atom. The van der Waals surface area contributed by atoms with Gasteiger partial charge in [0.2, 0.25) is 0 Å². The molecule has 0 atom stereocenters. The molecule has 3 aromatic rings. The first-order valence-corrected chi connectivity index (χ1v) is 7.84. The van der Waals surface area contributed by atoms with Gasteiger partial charge in [-0.1, -0.05) is 28.1 Å². The van der Waals surface area contributed by atoms with Crippen LogP contribution in [0.4, 0.5) is 8.78 Å². The van der Waals surface area contributed by atoms with Crippen molar-refractivity contribution in [2.75, 3.05) is 0 Å². The highest BCUT2D eigenvalue weighted by molar-refractivity contribution is 9.10. The minimum atomic E-state index is -0.594. The molecule has 0 aliphatic rings. The molecule has 0 N–H and O–H groups in total. The fourth-order valence-electron chi connectivity index (χ4n) is 2.07. The Morgan fingerprint density at radius 3 is 2.19 bits per heavy atom. The molecule has 5 heteroatoms. The van der Waals surface area contributed by atoms with Crippen LogP contribution in [-0.2, 0) is 0 Å². The van der Waals surface area contributed by atoms with Gasteiger partial charge in [-0.2, -0.15) is 0 Å². The number of aryl methyl sites for hydroxylation is 1. The number of hydrogen-bond acceptors (Lipinski definition) is 2. The minimum absolute atomic E-state index is 0.462. The number of aromatic nitrogens is 1. The lowest BCUT2D eigenvalue weighted by Gasteiger charge is -1.99. The van der Waals surface area contributed by atoms with Gasteiger partial charge >= 0.3 is 0 Å². The molecule has 0 radical (unpaired) electrons. The lowest BCUT2D eigenvalue weighted by Crippen LogP contribution is -1.84. The van der Waals surface area contributed by atoms with Crippen molar-refractivity contribution in [2.45, 2.75) is 6.92 Å². The zero-order valence-electron chi connectivity index (χ0n) is 11.0. The molecule has 106 valence electrons. The minimum Gasteiger partial charge on any atom is -0.236 e. The predicted octanol–water partition coefficient (Wildman–Crippen LogP) is 5.83. The molecule has 0 spiro atoms. The highest BCUT2D eigenvalue weighted by Gasteiger charge is 2.13. The van der Waals surface area contributed by atoms with Crippen molar-refractivity contribution < 1.29 is 8.78 Å². The lowest BCUT2D eigenvalue weighted by atomic mass is 10.1. The monoisotopic (exact) mass is 365 g/mol. The summed E-state index contributed by atoms with van der Waals surface area (Å²) in [5.41, 5.74) is 2.28. The van der Waals surface area contributed by atoms with E-state index in [1.165, 1.54) is 23.5 Å². The number of hydrogen-bond donors (Lipinski definition) is 0. The van der Waals surface area contributed by atoms with E-state index in [-0.39, 0.29) is 0 Å². The van der Waals surface area contributed by atoms with Gasteiger partial charge in [-0.15, -0.1) is 11.3 Å². The maximum absolute atomic E-state index is 13.3. The quantitative estimate of drug-likeness (QED) is 0.556. The number of halogens is 3. The molecule has 2 aromatic carbocycles. The highest BCUT2D eigenvalue weighted by Crippen LogP contribution is 2.34. The molecule has 0 saturated heterocycles. The molecule has 0 amide bonds. The molecule has 1 aromatic heterocycles. The SMILES string of the molecule is Cc1sc(-c2cc(F)cc(F)c2)nc1-c1ccc(Br)cc1. The Balaban J connectivity index is 2.07. The molecular weight excluding hydrogens is 356 g/mol. The summed E-state index contributed by atoms with van der Waals surface area (Å²) in [5.74, 6) is -1.19. The molecule has 1 nitrogen and oxygen atoms in total. The van der Waals surface area contributed by atoms with Crippen LogP contribution >= 0.6 is 27.3 Å². The topological polar surface area (TPSA) is 12.9 Å². The van der Waals surface area contributed by atoms with Gasteiger partial charge in [0.15, 0.2) is 0 Å². The van der Waals surface area contributed by atoms with Crippen molar-refractivity contribution in [1.82, 2.24) is 4.98 Å². The Kier molecular flexibility index (Phi) is 3.87. The van der Waals surface area contributed by atoms with Crippen molar-refractivity contribution in [3.8, 4) is 21.8 Å². The van der Waals surface area contributed by atoms with E-state index in [9.17, 15) is 8.78 Å². The van der Waals surface area contributed by atoms with E-state index in [4.69, 9.17) is 0 Å². The molecule has 0 bridgehead atoms. The Labute approximate surface area is 133 Å². The van der Waals surface area contributed by atoms with E-state index in [1.54, 1.807) is 0 Å². The van der Waals surface area contributed by atoms with Gasteiger partial charge in [-0.3, -0.25) is 0 Å². The maximum Gasteiger partial charge on any atom is 0.126 e. The van der Waals surface area contributed by atoms with E-state index < -0.39 is 11.6 Å². The average molecular weight is 366 g/mol. The number of thiazole rings is 1. The van der Waals surface area contributed by atoms with Gasteiger partial charge in [0.05, 0.1) is 5.69 Å². The van der Waals surface area contributed by atoms with Gasteiger partial charge in [0, 0.05) is 26.5 Å². The van der Waals surface area contributed by atoms with E-state index in [2.05, 4.69) is 20.9 Å². The van der Waals surface area contributed by atoms with Gasteiger partial charge in [0.25, 0.3) is 0 Å². The molecular formula is C16H10BrF2NS. The summed E-state index contributed by atoms with van der Waals surface area (Å²) < 4.78 is 27.6.